The van der Waals surface area contributed by atoms with Gasteiger partial charge in [0.2, 0.25) is 11.8 Å². The van der Waals surface area contributed by atoms with Crippen molar-refractivity contribution in [2.45, 2.75) is 0 Å². The number of nitrogens with one attached hydrogen (secondary N) is 6. The summed E-state index contributed by atoms with van der Waals surface area (Å²) < 4.78 is 0. The van der Waals surface area contributed by atoms with E-state index in [0.717, 1.165) is 50.8 Å². The van der Waals surface area contributed by atoms with Crippen LogP contribution >= 0.6 is 82.5 Å². The van der Waals surface area contributed by atoms with Gasteiger partial charge in [-0.25, -0.2) is 19.2 Å². The maximum atomic E-state index is 11.7. The molecule has 0 radical (unpaired) electrons. The predicted molar refractivity (Wildman–Crippen MR) is 206 cm³/mol. The highest BCUT2D eigenvalue weighted by atomic mass is 33.7. The second-order valence-electron chi connectivity index (χ2n) is 10.0. The third-order valence-corrected chi connectivity index (χ3v) is 19.3. The Morgan fingerprint density at radius 3 is 1.12 bits per heavy atom. The van der Waals surface area contributed by atoms with Crippen molar-refractivity contribution in [2.75, 3.05) is 115 Å². The Hall–Kier alpha value is -1.18. The second kappa shape index (κ2) is 24.9. The fourth-order valence-electron chi connectivity index (χ4n) is 4.26. The minimum atomic E-state index is -0.0850. The minimum Gasteiger partial charge on any atom is -0.354 e. The number of nitrogens with zero attached hydrogens (tertiary/aromatic N) is 4. The summed E-state index contributed by atoms with van der Waals surface area (Å²) in [6.45, 7) is 9.37. The number of hydrogen-bond acceptors (Lipinski definition) is 14. The SMILES string of the molecule is O=C(CSSSSCC(=O)NCCN1CCNC1=O)NCCN1CCNC1=O.O=C1NCCN1CCSSSSCCN1CCNC1=O. The molecule has 272 valence electrons. The predicted octanol–water partition coefficient (Wildman–Crippen LogP) is 1.66. The normalized spacial score (nSPS) is 17.2. The zero-order valence-corrected chi connectivity index (χ0v) is 32.8. The maximum Gasteiger partial charge on any atom is 0.317 e. The summed E-state index contributed by atoms with van der Waals surface area (Å²) in [6.07, 6.45) is 0. The molecule has 16 nitrogen and oxygen atoms in total. The molecule has 6 N–H and O–H groups in total. The van der Waals surface area contributed by atoms with Crippen LogP contribution < -0.4 is 31.9 Å². The first-order chi connectivity index (χ1) is 23.3. The van der Waals surface area contributed by atoms with Crippen molar-refractivity contribution in [2.24, 2.45) is 0 Å². The molecule has 4 aliphatic heterocycles. The molecule has 0 aromatic carbocycles. The molecule has 0 spiro atoms. The van der Waals surface area contributed by atoms with Crippen molar-refractivity contribution in [1.29, 1.82) is 0 Å². The molecule has 0 aromatic rings. The van der Waals surface area contributed by atoms with Crippen LogP contribution in [0.25, 0.3) is 0 Å². The van der Waals surface area contributed by atoms with Gasteiger partial charge in [0, 0.05) is 103 Å². The number of carbonyl (C=O) groups is 6. The fourth-order valence-corrected chi connectivity index (χ4v) is 15.7. The molecule has 0 unspecified atom stereocenters. The topological polar surface area (TPSA) is 188 Å². The molecule has 0 atom stereocenters. The van der Waals surface area contributed by atoms with Crippen molar-refractivity contribution in [3.8, 4) is 0 Å². The molecule has 48 heavy (non-hydrogen) atoms. The lowest BCUT2D eigenvalue weighted by atomic mass is 10.5. The van der Waals surface area contributed by atoms with Gasteiger partial charge in [0.15, 0.2) is 0 Å². The van der Waals surface area contributed by atoms with Gasteiger partial charge in [0.25, 0.3) is 0 Å². The lowest BCUT2D eigenvalue weighted by Gasteiger charge is -2.14. The van der Waals surface area contributed by atoms with Gasteiger partial charge in [-0.05, 0) is 39.3 Å². The molecule has 0 aliphatic carbocycles. The van der Waals surface area contributed by atoms with E-state index in [1.807, 2.05) is 9.80 Å². The van der Waals surface area contributed by atoms with E-state index in [9.17, 15) is 28.8 Å². The number of amides is 10. The molecule has 0 saturated carbocycles. The van der Waals surface area contributed by atoms with Gasteiger partial charge < -0.3 is 51.5 Å². The first-order valence-electron chi connectivity index (χ1n) is 15.1. The van der Waals surface area contributed by atoms with Crippen LogP contribution in [0, 0.1) is 0 Å². The van der Waals surface area contributed by atoms with E-state index in [0.29, 0.717) is 63.9 Å². The molecule has 4 heterocycles. The monoisotopic (exact) mass is 822 g/mol. The first kappa shape index (κ1) is 41.2. The number of hydrogen-bond donors (Lipinski definition) is 6. The minimum absolute atomic E-state index is 0.0570. The Morgan fingerprint density at radius 1 is 0.500 bits per heavy atom. The Labute approximate surface area is 311 Å². The Morgan fingerprint density at radius 2 is 0.812 bits per heavy atom. The van der Waals surface area contributed by atoms with Crippen molar-refractivity contribution < 1.29 is 28.8 Å². The van der Waals surface area contributed by atoms with Crippen LogP contribution in [-0.4, -0.2) is 170 Å². The zero-order valence-electron chi connectivity index (χ0n) is 26.2. The van der Waals surface area contributed by atoms with E-state index in [1.54, 1.807) is 51.0 Å². The van der Waals surface area contributed by atoms with Crippen molar-refractivity contribution >= 4 is 118 Å². The summed E-state index contributed by atoms with van der Waals surface area (Å²) in [5.41, 5.74) is 0. The van der Waals surface area contributed by atoms with Gasteiger partial charge in [0.05, 0.1) is 11.5 Å². The molecular formula is C24H42N10O6S8. The molecule has 4 saturated heterocycles. The first-order valence-corrected chi connectivity index (χ1v) is 25.4. The van der Waals surface area contributed by atoms with Crippen LogP contribution in [0.5, 0.6) is 0 Å². The van der Waals surface area contributed by atoms with Gasteiger partial charge in [0.1, 0.15) is 0 Å². The summed E-state index contributed by atoms with van der Waals surface area (Å²) >= 11 is 0. The lowest BCUT2D eigenvalue weighted by molar-refractivity contribution is -0.119. The molecular weight excluding hydrogens is 781 g/mol. The van der Waals surface area contributed by atoms with Gasteiger partial charge in [-0.15, -0.1) is 0 Å². The average Bonchev–Trinajstić information content (AvgIpc) is 3.88. The molecule has 10 amide bonds. The highest BCUT2D eigenvalue weighted by Crippen LogP contribution is 2.43. The summed E-state index contributed by atoms with van der Waals surface area (Å²) in [5, 5.41) is 16.6. The highest BCUT2D eigenvalue weighted by molar-refractivity contribution is 9.26. The van der Waals surface area contributed by atoms with Crippen LogP contribution in [0.3, 0.4) is 0 Å². The number of urea groups is 4. The van der Waals surface area contributed by atoms with Crippen molar-refractivity contribution in [1.82, 2.24) is 51.5 Å². The third-order valence-electron chi connectivity index (χ3n) is 6.71. The molecule has 4 fully saturated rings. The third kappa shape index (κ3) is 17.2. The van der Waals surface area contributed by atoms with E-state index in [2.05, 4.69) is 31.9 Å². The maximum absolute atomic E-state index is 11.7. The zero-order chi connectivity index (χ0) is 34.4. The van der Waals surface area contributed by atoms with Crippen molar-refractivity contribution in [3.63, 3.8) is 0 Å². The quantitative estimate of drug-likeness (QED) is 0.0684. The summed E-state index contributed by atoms with van der Waals surface area (Å²) in [4.78, 5) is 75.7. The van der Waals surface area contributed by atoms with E-state index in [4.69, 9.17) is 0 Å². The molecule has 24 heteroatoms. The van der Waals surface area contributed by atoms with E-state index in [-0.39, 0.29) is 35.9 Å². The van der Waals surface area contributed by atoms with Gasteiger partial charge >= 0.3 is 24.1 Å². The van der Waals surface area contributed by atoms with Gasteiger partial charge in [-0.1, -0.05) is 43.2 Å². The Bertz CT molecular complexity index is 993. The molecule has 0 bridgehead atoms. The van der Waals surface area contributed by atoms with Gasteiger partial charge in [-0.2, -0.15) is 0 Å². The summed E-state index contributed by atoms with van der Waals surface area (Å²) in [5.74, 6) is 2.36. The molecule has 0 aromatic heterocycles. The van der Waals surface area contributed by atoms with E-state index < -0.39 is 0 Å². The lowest BCUT2D eigenvalue weighted by Crippen LogP contribution is -2.37. The van der Waals surface area contributed by atoms with E-state index in [1.165, 1.54) is 41.2 Å². The van der Waals surface area contributed by atoms with Gasteiger partial charge in [-0.3, -0.25) is 9.59 Å². The standard InChI is InChI=1S/C14H24N6O4S4.C10H18N4O2S4/c21-11(15-1-5-19-7-3-17-13(19)23)9-25-27-28-26-10-12(22)16-2-6-20-8-4-18-14(20)24;15-9-11-1-3-13(9)5-7-17-19-20-18-8-6-14-4-2-12-10(14)16/h1-10H2,(H,15,21)(H,16,22)(H,17,23)(H,18,24);1-8H2,(H,11,15)(H,12,16). The highest BCUT2D eigenvalue weighted by Gasteiger charge is 2.21. The van der Waals surface area contributed by atoms with E-state index >= 15 is 0 Å². The Balaban J connectivity index is 0.000000275. The van der Waals surface area contributed by atoms with Crippen LogP contribution in [0.4, 0.5) is 19.2 Å². The average molecular weight is 823 g/mol. The smallest absolute Gasteiger partial charge is 0.317 e. The molecule has 4 rings (SSSR count). The summed E-state index contributed by atoms with van der Waals surface area (Å²) in [6, 6.07) is -0.0561. The number of rotatable bonds is 22. The summed E-state index contributed by atoms with van der Waals surface area (Å²) in [7, 11) is 12.7. The number of carbonyl (C=O) groups excluding carboxylic acids is 6. The van der Waals surface area contributed by atoms with Crippen LogP contribution in [0.15, 0.2) is 0 Å². The largest absolute Gasteiger partial charge is 0.354 e. The van der Waals surface area contributed by atoms with Crippen LogP contribution in [-0.2, 0) is 9.59 Å². The fraction of sp³-hybridized carbons (Fsp3) is 0.750. The molecule has 4 aliphatic rings. The second-order valence-corrected chi connectivity index (χ2v) is 22.3. The van der Waals surface area contributed by atoms with Crippen molar-refractivity contribution in [3.05, 3.63) is 0 Å². The van der Waals surface area contributed by atoms with Crippen LogP contribution in [0.1, 0.15) is 0 Å². The van der Waals surface area contributed by atoms with Crippen LogP contribution in [0.2, 0.25) is 0 Å². The Kier molecular flexibility index (Phi) is 21.4.